The van der Waals surface area contributed by atoms with Crippen molar-refractivity contribution in [3.05, 3.63) is 11.8 Å². The minimum atomic E-state index is 0.549. The minimum absolute atomic E-state index is 0.549. The second-order valence-electron chi connectivity index (χ2n) is 3.81. The third kappa shape index (κ3) is 2.30. The SMILES string of the molecule is Cc1nnc(CN2CCNC(C)C2)o1. The van der Waals surface area contributed by atoms with Gasteiger partial charge in [0.1, 0.15) is 0 Å². The maximum atomic E-state index is 5.34. The van der Waals surface area contributed by atoms with Crippen LogP contribution in [0.4, 0.5) is 0 Å². The van der Waals surface area contributed by atoms with Crippen molar-refractivity contribution < 1.29 is 4.42 Å². The van der Waals surface area contributed by atoms with E-state index in [0.29, 0.717) is 11.9 Å². The molecule has 1 N–H and O–H groups in total. The average Bonchev–Trinajstić information content (AvgIpc) is 2.51. The highest BCUT2D eigenvalue weighted by atomic mass is 16.4. The molecule has 1 aromatic rings. The topological polar surface area (TPSA) is 54.2 Å². The summed E-state index contributed by atoms with van der Waals surface area (Å²) in [5.41, 5.74) is 0. The molecule has 0 aromatic carbocycles. The Labute approximate surface area is 83.5 Å². The summed E-state index contributed by atoms with van der Waals surface area (Å²) in [4.78, 5) is 2.33. The molecule has 0 bridgehead atoms. The van der Waals surface area contributed by atoms with Crippen LogP contribution in [0.2, 0.25) is 0 Å². The molecule has 14 heavy (non-hydrogen) atoms. The van der Waals surface area contributed by atoms with E-state index in [1.165, 1.54) is 0 Å². The van der Waals surface area contributed by atoms with E-state index in [-0.39, 0.29) is 0 Å². The van der Waals surface area contributed by atoms with E-state index in [2.05, 4.69) is 27.3 Å². The van der Waals surface area contributed by atoms with E-state index >= 15 is 0 Å². The van der Waals surface area contributed by atoms with Gasteiger partial charge in [-0.05, 0) is 6.92 Å². The van der Waals surface area contributed by atoms with Gasteiger partial charge in [0, 0.05) is 32.6 Å². The lowest BCUT2D eigenvalue weighted by molar-refractivity contribution is 0.182. The molecule has 1 fully saturated rings. The highest BCUT2D eigenvalue weighted by Gasteiger charge is 2.17. The third-order valence-corrected chi connectivity index (χ3v) is 2.38. The quantitative estimate of drug-likeness (QED) is 0.731. The Morgan fingerprint density at radius 1 is 1.57 bits per heavy atom. The Bertz CT molecular complexity index is 299. The van der Waals surface area contributed by atoms with Crippen molar-refractivity contribution in [2.45, 2.75) is 26.4 Å². The lowest BCUT2D eigenvalue weighted by Gasteiger charge is -2.30. The number of hydrogen-bond acceptors (Lipinski definition) is 5. The van der Waals surface area contributed by atoms with Crippen LogP contribution >= 0.6 is 0 Å². The standard InChI is InChI=1S/C9H16N4O/c1-7-5-13(4-3-10-7)6-9-12-11-8(2)14-9/h7,10H,3-6H2,1-2H3. The van der Waals surface area contributed by atoms with Crippen LogP contribution < -0.4 is 5.32 Å². The van der Waals surface area contributed by atoms with E-state index in [4.69, 9.17) is 4.42 Å². The molecule has 2 heterocycles. The van der Waals surface area contributed by atoms with Gasteiger partial charge in [0.15, 0.2) is 0 Å². The zero-order valence-electron chi connectivity index (χ0n) is 8.66. The zero-order chi connectivity index (χ0) is 9.97. The first kappa shape index (κ1) is 9.61. The first-order valence-electron chi connectivity index (χ1n) is 4.99. The van der Waals surface area contributed by atoms with Crippen LogP contribution in [-0.2, 0) is 6.54 Å². The number of nitrogens with zero attached hydrogens (tertiary/aromatic N) is 3. The lowest BCUT2D eigenvalue weighted by Crippen LogP contribution is -2.48. The summed E-state index contributed by atoms with van der Waals surface area (Å²) in [5.74, 6) is 1.36. The summed E-state index contributed by atoms with van der Waals surface area (Å²) < 4.78 is 5.34. The van der Waals surface area contributed by atoms with Crippen LogP contribution in [0.3, 0.4) is 0 Å². The van der Waals surface area contributed by atoms with Crippen molar-refractivity contribution in [3.63, 3.8) is 0 Å². The van der Waals surface area contributed by atoms with E-state index < -0.39 is 0 Å². The summed E-state index contributed by atoms with van der Waals surface area (Å²) in [6, 6.07) is 0.549. The molecule has 1 saturated heterocycles. The van der Waals surface area contributed by atoms with Crippen LogP contribution in [0, 0.1) is 6.92 Å². The molecule has 0 saturated carbocycles. The van der Waals surface area contributed by atoms with Crippen molar-refractivity contribution in [1.82, 2.24) is 20.4 Å². The Balaban J connectivity index is 1.90. The Hall–Kier alpha value is -0.940. The van der Waals surface area contributed by atoms with Gasteiger partial charge in [-0.15, -0.1) is 10.2 Å². The second kappa shape index (κ2) is 4.06. The molecular weight excluding hydrogens is 180 g/mol. The van der Waals surface area contributed by atoms with Crippen molar-refractivity contribution in [1.29, 1.82) is 0 Å². The highest BCUT2D eigenvalue weighted by molar-refractivity contribution is 4.82. The zero-order valence-corrected chi connectivity index (χ0v) is 8.66. The van der Waals surface area contributed by atoms with Crippen molar-refractivity contribution in [2.24, 2.45) is 0 Å². The first-order valence-corrected chi connectivity index (χ1v) is 4.99. The molecule has 0 aliphatic carbocycles. The summed E-state index contributed by atoms with van der Waals surface area (Å²) in [6.07, 6.45) is 0. The second-order valence-corrected chi connectivity index (χ2v) is 3.81. The Kier molecular flexibility index (Phi) is 2.79. The number of piperazine rings is 1. The largest absolute Gasteiger partial charge is 0.424 e. The van der Waals surface area contributed by atoms with Gasteiger partial charge in [-0.3, -0.25) is 4.90 Å². The smallest absolute Gasteiger partial charge is 0.230 e. The summed E-state index contributed by atoms with van der Waals surface area (Å²) >= 11 is 0. The minimum Gasteiger partial charge on any atom is -0.424 e. The molecule has 5 nitrogen and oxygen atoms in total. The molecule has 1 aliphatic heterocycles. The molecule has 0 spiro atoms. The average molecular weight is 196 g/mol. The van der Waals surface area contributed by atoms with Gasteiger partial charge >= 0.3 is 0 Å². The molecule has 1 unspecified atom stereocenters. The van der Waals surface area contributed by atoms with Crippen LogP contribution in [-0.4, -0.2) is 40.8 Å². The molecule has 1 aliphatic rings. The van der Waals surface area contributed by atoms with E-state index in [0.717, 1.165) is 32.1 Å². The van der Waals surface area contributed by atoms with Crippen molar-refractivity contribution in [2.75, 3.05) is 19.6 Å². The predicted molar refractivity (Wildman–Crippen MR) is 51.8 cm³/mol. The van der Waals surface area contributed by atoms with Crippen LogP contribution in [0.25, 0.3) is 0 Å². The molecule has 1 aromatic heterocycles. The fourth-order valence-corrected chi connectivity index (χ4v) is 1.75. The molecule has 1 atom stereocenters. The Morgan fingerprint density at radius 3 is 3.07 bits per heavy atom. The van der Waals surface area contributed by atoms with Gasteiger partial charge in [-0.1, -0.05) is 0 Å². The maximum Gasteiger partial charge on any atom is 0.230 e. The number of rotatable bonds is 2. The van der Waals surface area contributed by atoms with Gasteiger partial charge in [0.05, 0.1) is 6.54 Å². The first-order chi connectivity index (χ1) is 6.74. The Morgan fingerprint density at radius 2 is 2.43 bits per heavy atom. The summed E-state index contributed by atoms with van der Waals surface area (Å²) in [6.45, 7) is 7.90. The number of hydrogen-bond donors (Lipinski definition) is 1. The predicted octanol–water partition coefficient (Wildman–Crippen LogP) is 0.172. The monoisotopic (exact) mass is 196 g/mol. The van der Waals surface area contributed by atoms with E-state index in [1.807, 2.05) is 6.92 Å². The molecular formula is C9H16N4O. The van der Waals surface area contributed by atoms with E-state index in [9.17, 15) is 0 Å². The molecule has 5 heteroatoms. The highest BCUT2D eigenvalue weighted by Crippen LogP contribution is 2.05. The number of nitrogens with one attached hydrogen (secondary N) is 1. The van der Waals surface area contributed by atoms with Gasteiger partial charge < -0.3 is 9.73 Å². The lowest BCUT2D eigenvalue weighted by atomic mass is 10.2. The fraction of sp³-hybridized carbons (Fsp3) is 0.778. The van der Waals surface area contributed by atoms with Gasteiger partial charge in [-0.2, -0.15) is 0 Å². The normalized spacial score (nSPS) is 24.0. The van der Waals surface area contributed by atoms with Gasteiger partial charge in [0.2, 0.25) is 11.8 Å². The number of aromatic nitrogens is 2. The van der Waals surface area contributed by atoms with Crippen LogP contribution in [0.15, 0.2) is 4.42 Å². The molecule has 0 radical (unpaired) electrons. The molecule has 0 amide bonds. The summed E-state index contributed by atoms with van der Waals surface area (Å²) in [7, 11) is 0. The summed E-state index contributed by atoms with van der Waals surface area (Å²) in [5, 5.41) is 11.2. The number of aryl methyl sites for hydroxylation is 1. The van der Waals surface area contributed by atoms with Gasteiger partial charge in [-0.25, -0.2) is 0 Å². The van der Waals surface area contributed by atoms with Gasteiger partial charge in [0.25, 0.3) is 0 Å². The fourth-order valence-electron chi connectivity index (χ4n) is 1.75. The maximum absolute atomic E-state index is 5.34. The van der Waals surface area contributed by atoms with Crippen LogP contribution in [0.1, 0.15) is 18.7 Å². The van der Waals surface area contributed by atoms with Crippen LogP contribution in [0.5, 0.6) is 0 Å². The third-order valence-electron chi connectivity index (χ3n) is 2.38. The molecule has 2 rings (SSSR count). The van der Waals surface area contributed by atoms with E-state index in [1.54, 1.807) is 0 Å². The molecule has 78 valence electrons. The van der Waals surface area contributed by atoms with Crippen molar-refractivity contribution >= 4 is 0 Å². The van der Waals surface area contributed by atoms with Crippen molar-refractivity contribution in [3.8, 4) is 0 Å².